The van der Waals surface area contributed by atoms with Gasteiger partial charge in [-0.15, -0.1) is 0 Å². The molecule has 1 fully saturated rings. The lowest BCUT2D eigenvalue weighted by molar-refractivity contribution is 0.0650. The Labute approximate surface area is 99.4 Å². The van der Waals surface area contributed by atoms with Crippen molar-refractivity contribution in [2.75, 3.05) is 32.7 Å². The van der Waals surface area contributed by atoms with Gasteiger partial charge in [-0.2, -0.15) is 5.26 Å². The minimum Gasteiger partial charge on any atom is -0.361 e. The van der Waals surface area contributed by atoms with E-state index >= 15 is 0 Å². The average Bonchev–Trinajstić information content (AvgIpc) is 2.76. The summed E-state index contributed by atoms with van der Waals surface area (Å²) in [6.45, 7) is 4.92. The van der Waals surface area contributed by atoms with Gasteiger partial charge in [-0.3, -0.25) is 9.69 Å². The van der Waals surface area contributed by atoms with Gasteiger partial charge in [0.05, 0.1) is 18.8 Å². The van der Waals surface area contributed by atoms with Crippen LogP contribution < -0.4 is 0 Å². The number of carbonyl (C=O) groups is 1. The third-order valence-electron chi connectivity index (χ3n) is 2.93. The van der Waals surface area contributed by atoms with Crippen molar-refractivity contribution in [1.29, 1.82) is 5.26 Å². The molecule has 0 bridgehead atoms. The largest absolute Gasteiger partial charge is 0.361 e. The fourth-order valence-corrected chi connectivity index (χ4v) is 1.88. The van der Waals surface area contributed by atoms with Crippen LogP contribution in [0.3, 0.4) is 0 Å². The van der Waals surface area contributed by atoms with E-state index < -0.39 is 0 Å². The number of hydrogen-bond donors (Lipinski definition) is 0. The van der Waals surface area contributed by atoms with Gasteiger partial charge in [-0.25, -0.2) is 0 Å². The predicted octanol–water partition coefficient (Wildman–Crippen LogP) is 0.264. The molecule has 0 saturated carbocycles. The van der Waals surface area contributed by atoms with Crippen LogP contribution in [0.4, 0.5) is 0 Å². The molecule has 2 heterocycles. The van der Waals surface area contributed by atoms with Crippen LogP contribution in [0.5, 0.6) is 0 Å². The van der Waals surface area contributed by atoms with Crippen molar-refractivity contribution in [3.8, 4) is 6.07 Å². The minimum atomic E-state index is -0.0413. The van der Waals surface area contributed by atoms with E-state index in [1.54, 1.807) is 11.8 Å². The van der Waals surface area contributed by atoms with Gasteiger partial charge >= 0.3 is 0 Å². The summed E-state index contributed by atoms with van der Waals surface area (Å²) in [5, 5.41) is 12.2. The molecule has 0 spiro atoms. The first kappa shape index (κ1) is 11.6. The Morgan fingerprint density at radius 3 is 2.76 bits per heavy atom. The second-order valence-electron chi connectivity index (χ2n) is 4.02. The van der Waals surface area contributed by atoms with Gasteiger partial charge < -0.3 is 9.42 Å². The van der Waals surface area contributed by atoms with Crippen LogP contribution >= 0.6 is 0 Å². The topological polar surface area (TPSA) is 73.4 Å². The molecular formula is C11H14N4O2. The zero-order valence-electron chi connectivity index (χ0n) is 9.72. The van der Waals surface area contributed by atoms with Crippen LogP contribution in [0, 0.1) is 18.3 Å². The van der Waals surface area contributed by atoms with Crippen LogP contribution in [0.25, 0.3) is 0 Å². The molecule has 0 atom stereocenters. The standard InChI is InChI=1S/C11H14N4O2/c1-9-10(8-13-17-9)11(16)15-6-4-14(3-2-12)5-7-15/h8H,3-7H2,1H3. The number of amides is 1. The Hall–Kier alpha value is -1.87. The first-order valence-corrected chi connectivity index (χ1v) is 5.52. The molecule has 1 saturated heterocycles. The fourth-order valence-electron chi connectivity index (χ4n) is 1.88. The maximum atomic E-state index is 12.1. The highest BCUT2D eigenvalue weighted by Gasteiger charge is 2.24. The van der Waals surface area contributed by atoms with Crippen molar-refractivity contribution in [1.82, 2.24) is 15.0 Å². The van der Waals surface area contributed by atoms with Gasteiger partial charge in [0, 0.05) is 26.2 Å². The first-order valence-electron chi connectivity index (χ1n) is 5.52. The number of rotatable bonds is 2. The second kappa shape index (κ2) is 4.97. The molecule has 0 aliphatic carbocycles. The predicted molar refractivity (Wildman–Crippen MR) is 59.2 cm³/mol. The molecule has 6 heteroatoms. The van der Waals surface area contributed by atoms with E-state index in [1.165, 1.54) is 6.20 Å². The van der Waals surface area contributed by atoms with Crippen LogP contribution in [0.2, 0.25) is 0 Å². The molecule has 1 aromatic rings. The normalized spacial score (nSPS) is 16.8. The van der Waals surface area contributed by atoms with Gasteiger partial charge in [0.2, 0.25) is 0 Å². The summed E-state index contributed by atoms with van der Waals surface area (Å²) in [5.74, 6) is 0.509. The summed E-state index contributed by atoms with van der Waals surface area (Å²) in [4.78, 5) is 15.9. The molecule has 0 N–H and O–H groups in total. The maximum Gasteiger partial charge on any atom is 0.259 e. The van der Waals surface area contributed by atoms with Crippen molar-refractivity contribution in [2.24, 2.45) is 0 Å². The van der Waals surface area contributed by atoms with Gasteiger partial charge in [-0.05, 0) is 6.92 Å². The van der Waals surface area contributed by atoms with E-state index in [0.29, 0.717) is 31.0 Å². The molecule has 1 amide bonds. The highest BCUT2D eigenvalue weighted by molar-refractivity contribution is 5.94. The zero-order chi connectivity index (χ0) is 12.3. The minimum absolute atomic E-state index is 0.0413. The molecule has 90 valence electrons. The Balaban J connectivity index is 1.96. The molecule has 0 unspecified atom stereocenters. The lowest BCUT2D eigenvalue weighted by Gasteiger charge is -2.33. The van der Waals surface area contributed by atoms with E-state index in [1.807, 2.05) is 4.90 Å². The third kappa shape index (κ3) is 2.45. The monoisotopic (exact) mass is 234 g/mol. The first-order chi connectivity index (χ1) is 8.22. The van der Waals surface area contributed by atoms with Gasteiger partial charge in [0.1, 0.15) is 11.3 Å². The summed E-state index contributed by atoms with van der Waals surface area (Å²) in [7, 11) is 0. The molecule has 1 aromatic heterocycles. The van der Waals surface area contributed by atoms with Crippen molar-refractivity contribution < 1.29 is 9.32 Å². The van der Waals surface area contributed by atoms with E-state index in [-0.39, 0.29) is 5.91 Å². The molecule has 6 nitrogen and oxygen atoms in total. The van der Waals surface area contributed by atoms with Gasteiger partial charge in [0.15, 0.2) is 0 Å². The van der Waals surface area contributed by atoms with Crippen molar-refractivity contribution in [3.63, 3.8) is 0 Å². The number of nitrogens with zero attached hydrogens (tertiary/aromatic N) is 4. The zero-order valence-corrected chi connectivity index (χ0v) is 9.72. The molecular weight excluding hydrogens is 220 g/mol. The number of hydrogen-bond acceptors (Lipinski definition) is 5. The molecule has 0 aromatic carbocycles. The van der Waals surface area contributed by atoms with E-state index in [0.717, 1.165) is 13.1 Å². The number of aromatic nitrogens is 1. The number of nitriles is 1. The Morgan fingerprint density at radius 2 is 2.24 bits per heavy atom. The summed E-state index contributed by atoms with van der Waals surface area (Å²) in [6, 6.07) is 2.12. The van der Waals surface area contributed by atoms with Crippen molar-refractivity contribution in [2.45, 2.75) is 6.92 Å². The van der Waals surface area contributed by atoms with Crippen LogP contribution in [0.1, 0.15) is 16.1 Å². The number of carbonyl (C=O) groups excluding carboxylic acids is 1. The number of piperazine rings is 1. The van der Waals surface area contributed by atoms with Crippen molar-refractivity contribution in [3.05, 3.63) is 17.5 Å². The van der Waals surface area contributed by atoms with E-state index in [4.69, 9.17) is 9.78 Å². The third-order valence-corrected chi connectivity index (χ3v) is 2.93. The van der Waals surface area contributed by atoms with Gasteiger partial charge in [-0.1, -0.05) is 5.16 Å². The second-order valence-corrected chi connectivity index (χ2v) is 4.02. The van der Waals surface area contributed by atoms with Crippen LogP contribution in [0.15, 0.2) is 10.7 Å². The molecule has 1 aliphatic rings. The van der Waals surface area contributed by atoms with E-state index in [9.17, 15) is 4.79 Å². The highest BCUT2D eigenvalue weighted by atomic mass is 16.5. The highest BCUT2D eigenvalue weighted by Crippen LogP contribution is 2.11. The summed E-state index contributed by atoms with van der Waals surface area (Å²) < 4.78 is 4.89. The maximum absolute atomic E-state index is 12.1. The lowest BCUT2D eigenvalue weighted by Crippen LogP contribution is -2.48. The lowest BCUT2D eigenvalue weighted by atomic mass is 10.2. The van der Waals surface area contributed by atoms with Crippen LogP contribution in [-0.4, -0.2) is 53.6 Å². The molecule has 1 aliphatic heterocycles. The quantitative estimate of drug-likeness (QED) is 0.686. The van der Waals surface area contributed by atoms with E-state index in [2.05, 4.69) is 11.2 Å². The Bertz CT molecular complexity index is 441. The smallest absolute Gasteiger partial charge is 0.259 e. The summed E-state index contributed by atoms with van der Waals surface area (Å²) in [5.41, 5.74) is 0.527. The summed E-state index contributed by atoms with van der Waals surface area (Å²) in [6.07, 6.45) is 1.46. The molecule has 2 rings (SSSR count). The Kier molecular flexibility index (Phi) is 3.40. The molecule has 0 radical (unpaired) electrons. The Morgan fingerprint density at radius 1 is 1.53 bits per heavy atom. The summed E-state index contributed by atoms with van der Waals surface area (Å²) >= 11 is 0. The van der Waals surface area contributed by atoms with Crippen molar-refractivity contribution >= 4 is 5.91 Å². The molecule has 17 heavy (non-hydrogen) atoms. The average molecular weight is 234 g/mol. The fraction of sp³-hybridized carbons (Fsp3) is 0.545. The SMILES string of the molecule is Cc1oncc1C(=O)N1CCN(CC#N)CC1. The van der Waals surface area contributed by atoms with Crippen LogP contribution in [-0.2, 0) is 0 Å². The number of aryl methyl sites for hydroxylation is 1. The van der Waals surface area contributed by atoms with Gasteiger partial charge in [0.25, 0.3) is 5.91 Å².